The van der Waals surface area contributed by atoms with Gasteiger partial charge in [0, 0.05) is 23.0 Å². The van der Waals surface area contributed by atoms with Crippen LogP contribution in [0.4, 0.5) is 22.7 Å². The molecule has 0 saturated heterocycles. The molecule has 1 aliphatic rings. The van der Waals surface area contributed by atoms with Crippen LogP contribution in [0.1, 0.15) is 48.4 Å². The van der Waals surface area contributed by atoms with Gasteiger partial charge >= 0.3 is 6.18 Å². The molecule has 1 N–H and O–H groups in total. The first-order chi connectivity index (χ1) is 19.3. The van der Waals surface area contributed by atoms with E-state index in [1.54, 1.807) is 19.1 Å². The van der Waals surface area contributed by atoms with Crippen molar-refractivity contribution in [3.8, 4) is 16.9 Å². The summed E-state index contributed by atoms with van der Waals surface area (Å²) in [6.07, 6.45) is -1.93. The van der Waals surface area contributed by atoms with E-state index in [-0.39, 0.29) is 35.0 Å². The Morgan fingerprint density at radius 1 is 1.07 bits per heavy atom. The lowest BCUT2D eigenvalue weighted by molar-refractivity contribution is -0.138. The molecule has 0 atom stereocenters. The number of fused-ring (bicyclic) bond motifs is 1. The van der Waals surface area contributed by atoms with Crippen LogP contribution in [0.15, 0.2) is 30.6 Å². The predicted molar refractivity (Wildman–Crippen MR) is 141 cm³/mol. The lowest BCUT2D eigenvalue weighted by Gasteiger charge is -2.17. The monoisotopic (exact) mass is 606 g/mol. The molecule has 15 heteroatoms. The Morgan fingerprint density at radius 3 is 2.51 bits per heavy atom. The predicted octanol–water partition coefficient (Wildman–Crippen LogP) is 5.84. The highest BCUT2D eigenvalue weighted by molar-refractivity contribution is 7.16. The third-order valence-electron chi connectivity index (χ3n) is 6.27. The van der Waals surface area contributed by atoms with Crippen molar-refractivity contribution in [1.29, 1.82) is 0 Å². The van der Waals surface area contributed by atoms with E-state index in [0.717, 1.165) is 18.3 Å². The van der Waals surface area contributed by atoms with Gasteiger partial charge in [-0.2, -0.15) is 13.2 Å². The normalized spacial score (nSPS) is 12.8. The fraction of sp³-hybridized carbons (Fsp3) is 0.231. The third-order valence-corrected chi connectivity index (χ3v) is 7.47. The summed E-state index contributed by atoms with van der Waals surface area (Å²) >= 11 is 7.21. The van der Waals surface area contributed by atoms with E-state index in [1.165, 1.54) is 24.4 Å². The van der Waals surface area contributed by atoms with Crippen LogP contribution in [-0.4, -0.2) is 43.8 Å². The average Bonchev–Trinajstić information content (AvgIpc) is 3.47. The molecule has 0 spiro atoms. The van der Waals surface area contributed by atoms with Gasteiger partial charge in [-0.3, -0.25) is 19.9 Å². The molecule has 1 aliphatic heterocycles. The zero-order valence-corrected chi connectivity index (χ0v) is 23.1. The Morgan fingerprint density at radius 2 is 1.83 bits per heavy atom. The van der Waals surface area contributed by atoms with Gasteiger partial charge in [-0.05, 0) is 32.0 Å². The van der Waals surface area contributed by atoms with Crippen molar-refractivity contribution >= 4 is 39.9 Å². The van der Waals surface area contributed by atoms with Crippen molar-refractivity contribution < 1.29 is 31.9 Å². The van der Waals surface area contributed by atoms with E-state index in [2.05, 4.69) is 25.3 Å². The molecule has 5 heterocycles. The van der Waals surface area contributed by atoms with E-state index in [4.69, 9.17) is 16.3 Å². The minimum atomic E-state index is -4.80. The third kappa shape index (κ3) is 5.57. The quantitative estimate of drug-likeness (QED) is 0.224. The summed E-state index contributed by atoms with van der Waals surface area (Å²) in [6, 6.07) is 3.56. The maximum Gasteiger partial charge on any atom is 0.418 e. The van der Waals surface area contributed by atoms with Gasteiger partial charge in [-0.15, -0.1) is 0 Å². The van der Waals surface area contributed by atoms with Crippen molar-refractivity contribution in [2.75, 3.05) is 12.4 Å². The van der Waals surface area contributed by atoms with Gasteiger partial charge in [0.2, 0.25) is 0 Å². The molecule has 4 aromatic rings. The molecule has 0 bridgehead atoms. The van der Waals surface area contributed by atoms with Crippen molar-refractivity contribution in [2.45, 2.75) is 33.1 Å². The lowest BCUT2D eigenvalue weighted by Crippen LogP contribution is -2.28. The zero-order chi connectivity index (χ0) is 29.6. The average molecular weight is 607 g/mol. The van der Waals surface area contributed by atoms with Crippen molar-refractivity contribution in [3.05, 3.63) is 80.3 Å². The molecule has 212 valence electrons. The van der Waals surface area contributed by atoms with Gasteiger partial charge in [0.1, 0.15) is 10.9 Å². The summed E-state index contributed by atoms with van der Waals surface area (Å²) in [5.74, 6) is -2.33. The first kappa shape index (κ1) is 28.4. The van der Waals surface area contributed by atoms with Crippen LogP contribution in [0.25, 0.3) is 11.1 Å². The molecular weight excluding hydrogens is 588 g/mol. The Hall–Kier alpha value is -4.17. The molecule has 0 radical (unpaired) electrons. The number of pyridine rings is 3. The number of ether oxygens (including phenoxy) is 1. The molecule has 4 aromatic heterocycles. The number of alkyl halides is 3. The number of rotatable bonds is 5. The van der Waals surface area contributed by atoms with Gasteiger partial charge < -0.3 is 9.64 Å². The summed E-state index contributed by atoms with van der Waals surface area (Å²) in [4.78, 5) is 44.3. The summed E-state index contributed by atoms with van der Waals surface area (Å²) in [7, 11) is 1.47. The SMILES string of the molecule is COc1cnc(Cl)cc1-c1cc(C)ncc1C(=O)Nc1nc2c(s1)CN(C(=O)c1nc(C)c(C(F)(F)F)cc1F)C2. The van der Waals surface area contributed by atoms with Crippen LogP contribution >= 0.6 is 22.9 Å². The van der Waals surface area contributed by atoms with E-state index in [1.807, 2.05) is 0 Å². The van der Waals surface area contributed by atoms with Crippen LogP contribution < -0.4 is 10.1 Å². The Kier molecular flexibility index (Phi) is 7.38. The minimum Gasteiger partial charge on any atom is -0.494 e. The lowest BCUT2D eigenvalue weighted by atomic mass is 10.0. The van der Waals surface area contributed by atoms with Crippen molar-refractivity contribution in [2.24, 2.45) is 0 Å². The number of hydrogen-bond acceptors (Lipinski definition) is 8. The van der Waals surface area contributed by atoms with E-state index in [9.17, 15) is 27.2 Å². The molecular formula is C26H19ClF4N6O3S. The molecule has 0 unspecified atom stereocenters. The number of aryl methyl sites for hydroxylation is 2. The van der Waals surface area contributed by atoms with Crippen molar-refractivity contribution in [1.82, 2.24) is 24.8 Å². The highest BCUT2D eigenvalue weighted by atomic mass is 35.5. The van der Waals surface area contributed by atoms with Crippen LogP contribution in [0.2, 0.25) is 5.15 Å². The number of hydrogen-bond donors (Lipinski definition) is 1. The summed E-state index contributed by atoms with van der Waals surface area (Å²) < 4.78 is 59.0. The van der Waals surface area contributed by atoms with E-state index in [0.29, 0.717) is 33.1 Å². The van der Waals surface area contributed by atoms with Crippen LogP contribution in [-0.2, 0) is 19.3 Å². The second kappa shape index (κ2) is 10.7. The minimum absolute atomic E-state index is 0.0208. The van der Waals surface area contributed by atoms with E-state index >= 15 is 0 Å². The molecule has 0 saturated carbocycles. The molecule has 0 aromatic carbocycles. The Labute approximate surface area is 239 Å². The largest absolute Gasteiger partial charge is 0.494 e. The first-order valence-corrected chi connectivity index (χ1v) is 13.0. The first-order valence-electron chi connectivity index (χ1n) is 11.9. The van der Waals surface area contributed by atoms with Gasteiger partial charge in [0.25, 0.3) is 11.8 Å². The number of carbonyl (C=O) groups is 2. The van der Waals surface area contributed by atoms with Gasteiger partial charge in [0.05, 0.1) is 53.8 Å². The number of thiazole rings is 1. The van der Waals surface area contributed by atoms with Crippen LogP contribution in [0.3, 0.4) is 0 Å². The maximum atomic E-state index is 14.4. The standard InChI is InChI=1S/C26H19ClF4N6O3S/c1-11-4-13(14-5-21(27)33-8-19(14)40-3)15(7-32-11)23(38)36-25-35-18-9-37(10-20(18)41-25)24(39)22-17(28)6-16(12(2)34-22)26(29,30)31/h4-8H,9-10H2,1-3H3,(H,35,36,38). The fourth-order valence-corrected chi connectivity index (χ4v) is 5.46. The molecule has 2 amide bonds. The number of aromatic nitrogens is 4. The number of methoxy groups -OCH3 is 1. The van der Waals surface area contributed by atoms with Crippen molar-refractivity contribution in [3.63, 3.8) is 0 Å². The molecule has 9 nitrogen and oxygen atoms in total. The number of carbonyl (C=O) groups excluding carboxylic acids is 2. The highest BCUT2D eigenvalue weighted by Crippen LogP contribution is 2.36. The molecule has 5 rings (SSSR count). The summed E-state index contributed by atoms with van der Waals surface area (Å²) in [5, 5.41) is 3.20. The molecule has 0 fully saturated rings. The Bertz CT molecular complexity index is 1690. The van der Waals surface area contributed by atoms with E-state index < -0.39 is 40.8 Å². The zero-order valence-electron chi connectivity index (χ0n) is 21.6. The van der Waals surface area contributed by atoms with Gasteiger partial charge in [-0.1, -0.05) is 22.9 Å². The number of halogens is 5. The maximum absolute atomic E-state index is 14.4. The second-order valence-electron chi connectivity index (χ2n) is 9.03. The fourth-order valence-electron chi connectivity index (χ4n) is 4.32. The summed E-state index contributed by atoms with van der Waals surface area (Å²) in [5.41, 5.74) is -0.0573. The van der Waals surface area contributed by atoms with Gasteiger partial charge in [0.15, 0.2) is 16.6 Å². The summed E-state index contributed by atoms with van der Waals surface area (Å²) in [6.45, 7) is 2.82. The van der Waals surface area contributed by atoms with Crippen LogP contribution in [0.5, 0.6) is 5.75 Å². The smallest absolute Gasteiger partial charge is 0.418 e. The number of anilines is 1. The topological polar surface area (TPSA) is 110 Å². The van der Waals surface area contributed by atoms with Gasteiger partial charge in [-0.25, -0.2) is 19.3 Å². The second-order valence-corrected chi connectivity index (χ2v) is 10.5. The number of nitrogens with zero attached hydrogens (tertiary/aromatic N) is 5. The van der Waals surface area contributed by atoms with Crippen LogP contribution in [0, 0.1) is 19.7 Å². The number of nitrogens with one attached hydrogen (secondary N) is 1. The highest BCUT2D eigenvalue weighted by Gasteiger charge is 2.36. The molecule has 0 aliphatic carbocycles. The molecule has 41 heavy (non-hydrogen) atoms. The number of amides is 2. The Balaban J connectivity index is 1.34.